The summed E-state index contributed by atoms with van der Waals surface area (Å²) in [5, 5.41) is 37.4. The van der Waals surface area contributed by atoms with Gasteiger partial charge in [-0.05, 0) is 50.9 Å². The van der Waals surface area contributed by atoms with Gasteiger partial charge in [0.1, 0.15) is 42.3 Å². The highest BCUT2D eigenvalue weighted by atomic mass is 32.1. The van der Waals surface area contributed by atoms with E-state index in [2.05, 4.69) is 67.8 Å². The molecule has 0 bridgehead atoms. The van der Waals surface area contributed by atoms with Crippen LogP contribution in [0.3, 0.4) is 0 Å². The molecule has 8 atom stereocenters. The van der Waals surface area contributed by atoms with Gasteiger partial charge in [0, 0.05) is 30.8 Å². The van der Waals surface area contributed by atoms with Crippen molar-refractivity contribution in [3.8, 4) is 0 Å². The summed E-state index contributed by atoms with van der Waals surface area (Å²) in [6, 6.07) is -11.0. The molecule has 0 radical (unpaired) electrons. The number of carboxylic acids is 2. The molecule has 0 aromatic carbocycles. The van der Waals surface area contributed by atoms with Gasteiger partial charge in [-0.25, -0.2) is 4.79 Å². The maximum Gasteiger partial charge on any atom is 0.327 e. The molecule has 27 heteroatoms. The standard InChI is InChI=1S/C38H65N11O14S2/c1-17(2)12-24(47-35(59)23(8-11-30(53)54)45-32(56)20(39)15-64)33(57)42-14-29(52)43-19(5)31(55)44-21(6-9-27(40)50)34(58)48-25(13-18(3)4)37(61)46-22(7-10-28(41)51)36(60)49-26(16-65)38(62)63/h17-26,64-65H,6-16,39H2,1-5H3,(H2,40,50)(H2,41,51)(H,42,57)(H,43,52)(H,44,55)(H,45,56)(H,46,61)(H,47,59)(H,48,58)(H,49,60)(H,53,54)(H,62,63)/t19-,20-,21-,22-,23-,24-,25-,26-/m0/s1. The Labute approximate surface area is 386 Å². The van der Waals surface area contributed by atoms with Crippen molar-refractivity contribution in [2.45, 2.75) is 134 Å². The monoisotopic (exact) mass is 963 g/mol. The SMILES string of the molecule is CC(C)C[C@H](NC(=O)[C@H](CCC(=O)O)NC(=O)[C@@H](N)CS)C(=O)NCC(=O)N[C@@H](C)C(=O)N[C@@H](CCC(N)=O)C(=O)N[C@@H](CC(C)C)C(=O)N[C@@H](CCC(N)=O)C(=O)N[C@@H](CS)C(=O)O. The van der Waals surface area contributed by atoms with Crippen molar-refractivity contribution in [3.05, 3.63) is 0 Å². The Bertz CT molecular complexity index is 1720. The van der Waals surface area contributed by atoms with Gasteiger partial charge >= 0.3 is 11.9 Å². The van der Waals surface area contributed by atoms with E-state index in [-0.39, 0.29) is 61.9 Å². The number of hydrogen-bond acceptors (Lipinski definition) is 15. The molecule has 0 aromatic rings. The largest absolute Gasteiger partial charge is 0.481 e. The minimum Gasteiger partial charge on any atom is -0.481 e. The van der Waals surface area contributed by atoms with Gasteiger partial charge in [-0.15, -0.1) is 0 Å². The first kappa shape index (κ1) is 59.3. The molecule has 10 amide bonds. The van der Waals surface area contributed by atoms with Gasteiger partial charge < -0.3 is 69.9 Å². The van der Waals surface area contributed by atoms with Crippen molar-refractivity contribution in [2.75, 3.05) is 18.1 Å². The lowest BCUT2D eigenvalue weighted by Crippen LogP contribution is -2.59. The van der Waals surface area contributed by atoms with E-state index < -0.39 is 139 Å². The third-order valence-corrected chi connectivity index (χ3v) is 9.87. The fourth-order valence-corrected chi connectivity index (χ4v) is 6.05. The first-order valence-corrected chi connectivity index (χ1v) is 21.9. The smallest absolute Gasteiger partial charge is 0.327 e. The van der Waals surface area contributed by atoms with E-state index in [1.807, 2.05) is 0 Å². The van der Waals surface area contributed by atoms with Crippen molar-refractivity contribution in [2.24, 2.45) is 29.0 Å². The van der Waals surface area contributed by atoms with E-state index in [4.69, 9.17) is 22.3 Å². The highest BCUT2D eigenvalue weighted by Crippen LogP contribution is 2.10. The van der Waals surface area contributed by atoms with Gasteiger partial charge in [0.05, 0.1) is 12.6 Å². The molecule has 0 spiro atoms. The zero-order chi connectivity index (χ0) is 50.1. The predicted octanol–water partition coefficient (Wildman–Crippen LogP) is -4.72. The van der Waals surface area contributed by atoms with Crippen molar-refractivity contribution in [1.29, 1.82) is 0 Å². The zero-order valence-corrected chi connectivity index (χ0v) is 38.8. The van der Waals surface area contributed by atoms with Gasteiger partial charge in [0.15, 0.2) is 0 Å². The van der Waals surface area contributed by atoms with E-state index in [1.54, 1.807) is 27.7 Å². The van der Waals surface area contributed by atoms with E-state index in [9.17, 15) is 62.6 Å². The van der Waals surface area contributed by atoms with Gasteiger partial charge in [0.25, 0.3) is 0 Å². The molecule has 368 valence electrons. The summed E-state index contributed by atoms with van der Waals surface area (Å²) in [5.41, 5.74) is 16.2. The number of primary amides is 2. The zero-order valence-electron chi connectivity index (χ0n) is 37.0. The maximum atomic E-state index is 13.6. The fourth-order valence-electron chi connectivity index (χ4n) is 5.64. The summed E-state index contributed by atoms with van der Waals surface area (Å²) >= 11 is 7.83. The van der Waals surface area contributed by atoms with Gasteiger partial charge in [-0.1, -0.05) is 27.7 Å². The van der Waals surface area contributed by atoms with Crippen LogP contribution >= 0.6 is 25.3 Å². The topological polar surface area (TPSA) is 420 Å². The number of nitrogens with one attached hydrogen (secondary N) is 8. The van der Waals surface area contributed by atoms with Gasteiger partial charge in [-0.3, -0.25) is 52.7 Å². The Hall–Kier alpha value is -5.70. The highest BCUT2D eigenvalue weighted by molar-refractivity contribution is 7.80. The molecule has 0 aliphatic carbocycles. The minimum atomic E-state index is -1.52. The van der Waals surface area contributed by atoms with Crippen LogP contribution in [-0.2, 0) is 57.5 Å². The third-order valence-electron chi connectivity index (χ3n) is 9.11. The number of hydrogen-bond donors (Lipinski definition) is 15. The molecule has 0 rings (SSSR count). The van der Waals surface area contributed by atoms with Crippen LogP contribution in [0, 0.1) is 11.8 Å². The van der Waals surface area contributed by atoms with Crippen molar-refractivity contribution < 1.29 is 67.7 Å². The molecule has 16 N–H and O–H groups in total. The average Bonchev–Trinajstić information content (AvgIpc) is 3.21. The first-order chi connectivity index (χ1) is 30.2. The molecule has 0 aromatic heterocycles. The lowest BCUT2D eigenvalue weighted by molar-refractivity contribution is -0.142. The average molecular weight is 964 g/mol. The summed E-state index contributed by atoms with van der Waals surface area (Å²) in [6.07, 6.45) is -2.32. The van der Waals surface area contributed by atoms with Crippen molar-refractivity contribution in [3.63, 3.8) is 0 Å². The summed E-state index contributed by atoms with van der Waals surface area (Å²) in [4.78, 5) is 151. The molecule has 0 saturated carbocycles. The molecule has 65 heavy (non-hydrogen) atoms. The summed E-state index contributed by atoms with van der Waals surface area (Å²) in [6.45, 7) is 7.42. The molecular formula is C38H65N11O14S2. The van der Waals surface area contributed by atoms with Crippen LogP contribution in [0.5, 0.6) is 0 Å². The lowest BCUT2D eigenvalue weighted by atomic mass is 10.0. The molecule has 25 nitrogen and oxygen atoms in total. The molecule has 0 saturated heterocycles. The number of amides is 10. The molecule has 0 fully saturated rings. The minimum absolute atomic E-state index is 0.0283. The van der Waals surface area contributed by atoms with E-state index in [0.29, 0.717) is 0 Å². The quantitative estimate of drug-likeness (QED) is 0.0282. The summed E-state index contributed by atoms with van der Waals surface area (Å²) in [7, 11) is 0. The van der Waals surface area contributed by atoms with Gasteiger partial charge in [-0.2, -0.15) is 25.3 Å². The van der Waals surface area contributed by atoms with Crippen molar-refractivity contribution in [1.82, 2.24) is 42.5 Å². The summed E-state index contributed by atoms with van der Waals surface area (Å²) in [5.74, 6) is -12.4. The molecular weight excluding hydrogens is 899 g/mol. The number of carboxylic acid groups (broad SMARTS) is 2. The van der Waals surface area contributed by atoms with Crippen LogP contribution in [0.1, 0.15) is 86.0 Å². The highest BCUT2D eigenvalue weighted by Gasteiger charge is 2.33. The molecule has 0 heterocycles. The summed E-state index contributed by atoms with van der Waals surface area (Å²) < 4.78 is 0. The Balaban J connectivity index is 6.00. The Morgan fingerprint density at radius 3 is 1.23 bits per heavy atom. The van der Waals surface area contributed by atoms with Gasteiger partial charge in [0.2, 0.25) is 59.1 Å². The predicted molar refractivity (Wildman–Crippen MR) is 238 cm³/mol. The second kappa shape index (κ2) is 30.4. The van der Waals surface area contributed by atoms with Crippen LogP contribution < -0.4 is 59.7 Å². The van der Waals surface area contributed by atoms with Crippen molar-refractivity contribution >= 4 is 96.3 Å². The Morgan fingerprint density at radius 1 is 0.477 bits per heavy atom. The van der Waals surface area contributed by atoms with Crippen LogP contribution in [0.2, 0.25) is 0 Å². The lowest BCUT2D eigenvalue weighted by Gasteiger charge is -2.27. The molecule has 0 unspecified atom stereocenters. The normalized spacial score (nSPS) is 14.7. The van der Waals surface area contributed by atoms with Crippen LogP contribution in [-0.4, -0.2) is 148 Å². The maximum absolute atomic E-state index is 13.6. The number of carbonyl (C=O) groups excluding carboxylic acids is 10. The van der Waals surface area contributed by atoms with Crippen LogP contribution in [0.4, 0.5) is 0 Å². The van der Waals surface area contributed by atoms with Crippen LogP contribution in [0.15, 0.2) is 0 Å². The van der Waals surface area contributed by atoms with Crippen LogP contribution in [0.25, 0.3) is 0 Å². The first-order valence-electron chi connectivity index (χ1n) is 20.6. The third kappa shape index (κ3) is 24.8. The fraction of sp³-hybridized carbons (Fsp3) is 0.684. The number of aliphatic carboxylic acids is 2. The van der Waals surface area contributed by atoms with E-state index >= 15 is 0 Å². The van der Waals surface area contributed by atoms with E-state index in [0.717, 1.165) is 0 Å². The number of nitrogens with two attached hydrogens (primary N) is 3. The van der Waals surface area contributed by atoms with E-state index in [1.165, 1.54) is 6.92 Å². The number of thiol groups is 2. The number of rotatable bonds is 32. The Kier molecular flexibility index (Phi) is 27.8. The molecule has 0 aliphatic heterocycles. The second-order valence-electron chi connectivity index (χ2n) is 15.9. The Morgan fingerprint density at radius 2 is 0.846 bits per heavy atom. The number of carbonyl (C=O) groups is 12. The molecule has 0 aliphatic rings. The second-order valence-corrected chi connectivity index (χ2v) is 16.6.